The molecule has 2 aromatic rings. The molecule has 2 aromatic carbocycles. The Morgan fingerprint density at radius 3 is 2.24 bits per heavy atom. The van der Waals surface area contributed by atoms with E-state index in [0.29, 0.717) is 6.54 Å². The van der Waals surface area contributed by atoms with Gasteiger partial charge in [-0.1, -0.05) is 29.8 Å². The number of amides is 1. The number of benzene rings is 2. The highest BCUT2D eigenvalue weighted by Crippen LogP contribution is 2.10. The van der Waals surface area contributed by atoms with Gasteiger partial charge >= 0.3 is 0 Å². The third-order valence-corrected chi connectivity index (χ3v) is 5.21. The molecule has 0 bridgehead atoms. The molecule has 0 aliphatic heterocycles. The molecule has 0 heterocycles. The van der Waals surface area contributed by atoms with Crippen LogP contribution in [0, 0.1) is 12.7 Å². The zero-order valence-electron chi connectivity index (χ0n) is 14.2. The number of hydrogen-bond donors (Lipinski definition) is 1. The van der Waals surface area contributed by atoms with Crippen molar-refractivity contribution in [3.05, 3.63) is 65.5 Å². The molecule has 1 N–H and O–H groups in total. The first-order valence-corrected chi connectivity index (χ1v) is 9.32. The monoisotopic (exact) mass is 364 g/mol. The summed E-state index contributed by atoms with van der Waals surface area (Å²) >= 11 is 0. The first-order valence-electron chi connectivity index (χ1n) is 7.84. The smallest absolute Gasteiger partial charge is 0.240 e. The minimum Gasteiger partial charge on any atom is -0.337 e. The van der Waals surface area contributed by atoms with Gasteiger partial charge in [-0.2, -0.15) is 0 Å². The van der Waals surface area contributed by atoms with E-state index < -0.39 is 10.0 Å². The third kappa shape index (κ3) is 5.65. The highest BCUT2D eigenvalue weighted by atomic mass is 32.2. The van der Waals surface area contributed by atoms with Crippen LogP contribution in [0.1, 0.15) is 18.1 Å². The van der Waals surface area contributed by atoms with Crippen molar-refractivity contribution in [3.63, 3.8) is 0 Å². The predicted octanol–water partition coefficient (Wildman–Crippen LogP) is 2.46. The largest absolute Gasteiger partial charge is 0.337 e. The van der Waals surface area contributed by atoms with Gasteiger partial charge < -0.3 is 4.90 Å². The summed E-state index contributed by atoms with van der Waals surface area (Å²) in [4.78, 5) is 13.4. The lowest BCUT2D eigenvalue weighted by atomic mass is 10.2. The summed E-state index contributed by atoms with van der Waals surface area (Å²) in [6.07, 6.45) is 0. The van der Waals surface area contributed by atoms with Gasteiger partial charge in [0.2, 0.25) is 15.9 Å². The summed E-state index contributed by atoms with van der Waals surface area (Å²) in [6.45, 7) is 3.90. The average molecular weight is 364 g/mol. The maximum Gasteiger partial charge on any atom is 0.240 e. The van der Waals surface area contributed by atoms with Crippen LogP contribution in [0.25, 0.3) is 0 Å². The molecule has 25 heavy (non-hydrogen) atoms. The molecule has 0 atom stereocenters. The number of carbonyl (C=O) groups excluding carboxylic acids is 1. The minimum atomic E-state index is -3.61. The summed E-state index contributed by atoms with van der Waals surface area (Å²) < 4.78 is 39.9. The Kier molecular flexibility index (Phi) is 6.27. The molecule has 0 spiro atoms. The highest BCUT2D eigenvalue weighted by molar-refractivity contribution is 7.89. The summed E-state index contributed by atoms with van der Waals surface area (Å²) in [5, 5.41) is 0. The molecule has 1 amide bonds. The van der Waals surface area contributed by atoms with Crippen LogP contribution in [0.5, 0.6) is 0 Å². The fraction of sp³-hybridized carbons (Fsp3) is 0.278. The van der Waals surface area contributed by atoms with E-state index in [-0.39, 0.29) is 29.7 Å². The van der Waals surface area contributed by atoms with Gasteiger partial charge in [0.15, 0.2) is 0 Å². The molecule has 2 rings (SSSR count). The maximum absolute atomic E-state index is 12.9. The molecule has 7 heteroatoms. The van der Waals surface area contributed by atoms with E-state index in [2.05, 4.69) is 4.72 Å². The van der Waals surface area contributed by atoms with Crippen molar-refractivity contribution in [2.45, 2.75) is 25.3 Å². The van der Waals surface area contributed by atoms with Crippen LogP contribution in [0.2, 0.25) is 0 Å². The second-order valence-corrected chi connectivity index (χ2v) is 7.54. The second kappa shape index (κ2) is 8.22. The third-order valence-electron chi connectivity index (χ3n) is 3.74. The molecule has 0 radical (unpaired) electrons. The topological polar surface area (TPSA) is 66.5 Å². The van der Waals surface area contributed by atoms with Gasteiger partial charge in [0.1, 0.15) is 5.82 Å². The Morgan fingerprint density at radius 2 is 1.68 bits per heavy atom. The lowest BCUT2D eigenvalue weighted by Gasteiger charge is -2.21. The number of halogens is 1. The first-order chi connectivity index (χ1) is 11.8. The van der Waals surface area contributed by atoms with Crippen LogP contribution < -0.4 is 4.72 Å². The molecular formula is C18H21FN2O3S. The summed E-state index contributed by atoms with van der Waals surface area (Å²) in [5.41, 5.74) is 1.75. The van der Waals surface area contributed by atoms with Crippen LogP contribution in [-0.2, 0) is 21.4 Å². The second-order valence-electron chi connectivity index (χ2n) is 5.78. The number of rotatable bonds is 7. The molecule has 0 saturated carbocycles. The number of sulfonamides is 1. The van der Waals surface area contributed by atoms with Crippen molar-refractivity contribution in [3.8, 4) is 0 Å². The lowest BCUT2D eigenvalue weighted by molar-refractivity contribution is -0.129. The van der Waals surface area contributed by atoms with Gasteiger partial charge in [0.25, 0.3) is 0 Å². The van der Waals surface area contributed by atoms with Gasteiger partial charge in [-0.3, -0.25) is 4.79 Å². The number of aryl methyl sites for hydroxylation is 1. The first kappa shape index (κ1) is 19.1. The van der Waals surface area contributed by atoms with E-state index in [4.69, 9.17) is 0 Å². The summed E-state index contributed by atoms with van der Waals surface area (Å²) in [6, 6.07) is 12.4. The Hall–Kier alpha value is -2.25. The van der Waals surface area contributed by atoms with Gasteiger partial charge in [0.05, 0.1) is 4.90 Å². The SMILES string of the molecule is CC(=O)N(CCNS(=O)(=O)c1ccc(C)cc1)Cc1ccc(F)cc1. The number of nitrogens with one attached hydrogen (secondary N) is 1. The number of carbonyl (C=O) groups is 1. The molecule has 5 nitrogen and oxygen atoms in total. The lowest BCUT2D eigenvalue weighted by Crippen LogP contribution is -2.37. The van der Waals surface area contributed by atoms with Gasteiger partial charge in [0, 0.05) is 26.6 Å². The van der Waals surface area contributed by atoms with E-state index in [1.54, 1.807) is 36.4 Å². The van der Waals surface area contributed by atoms with E-state index in [0.717, 1.165) is 11.1 Å². The normalized spacial score (nSPS) is 11.3. The van der Waals surface area contributed by atoms with Crippen molar-refractivity contribution in [1.82, 2.24) is 9.62 Å². The molecular weight excluding hydrogens is 343 g/mol. The standard InChI is InChI=1S/C18H21FN2O3S/c1-14-3-9-18(10-4-14)25(23,24)20-11-12-21(15(2)22)13-16-5-7-17(19)8-6-16/h3-10,20H,11-13H2,1-2H3. The van der Waals surface area contributed by atoms with Crippen LogP contribution in [0.15, 0.2) is 53.4 Å². The molecule has 0 aromatic heterocycles. The summed E-state index contributed by atoms with van der Waals surface area (Å²) in [5.74, 6) is -0.525. The predicted molar refractivity (Wildman–Crippen MR) is 93.9 cm³/mol. The van der Waals surface area contributed by atoms with Crippen LogP contribution in [0.3, 0.4) is 0 Å². The fourth-order valence-electron chi connectivity index (χ4n) is 2.27. The van der Waals surface area contributed by atoms with Gasteiger partial charge in [-0.15, -0.1) is 0 Å². The Morgan fingerprint density at radius 1 is 1.08 bits per heavy atom. The molecule has 0 saturated heterocycles. The van der Waals surface area contributed by atoms with Gasteiger partial charge in [-0.25, -0.2) is 17.5 Å². The van der Waals surface area contributed by atoms with Crippen LogP contribution in [0.4, 0.5) is 4.39 Å². The zero-order chi connectivity index (χ0) is 18.4. The molecule has 0 unspecified atom stereocenters. The fourth-order valence-corrected chi connectivity index (χ4v) is 3.29. The zero-order valence-corrected chi connectivity index (χ0v) is 15.0. The Balaban J connectivity index is 1.95. The Labute approximate surface area is 147 Å². The van der Waals surface area contributed by atoms with Crippen molar-refractivity contribution < 1.29 is 17.6 Å². The van der Waals surface area contributed by atoms with E-state index in [1.807, 2.05) is 6.92 Å². The van der Waals surface area contributed by atoms with E-state index in [1.165, 1.54) is 24.0 Å². The van der Waals surface area contributed by atoms with E-state index >= 15 is 0 Å². The van der Waals surface area contributed by atoms with Crippen molar-refractivity contribution in [1.29, 1.82) is 0 Å². The maximum atomic E-state index is 12.9. The number of hydrogen-bond acceptors (Lipinski definition) is 3. The van der Waals surface area contributed by atoms with Crippen molar-refractivity contribution >= 4 is 15.9 Å². The van der Waals surface area contributed by atoms with E-state index in [9.17, 15) is 17.6 Å². The van der Waals surface area contributed by atoms with Crippen molar-refractivity contribution in [2.75, 3.05) is 13.1 Å². The summed E-state index contributed by atoms with van der Waals surface area (Å²) in [7, 11) is -3.61. The molecule has 0 fully saturated rings. The van der Waals surface area contributed by atoms with Crippen LogP contribution >= 0.6 is 0 Å². The number of nitrogens with zero attached hydrogens (tertiary/aromatic N) is 1. The molecule has 0 aliphatic carbocycles. The van der Waals surface area contributed by atoms with Crippen molar-refractivity contribution in [2.24, 2.45) is 0 Å². The molecule has 0 aliphatic rings. The minimum absolute atomic E-state index is 0.0942. The van der Waals surface area contributed by atoms with Gasteiger partial charge in [-0.05, 0) is 36.8 Å². The van der Waals surface area contributed by atoms with Crippen LogP contribution in [-0.4, -0.2) is 32.3 Å². The molecule has 134 valence electrons. The average Bonchev–Trinajstić information content (AvgIpc) is 2.56. The quantitative estimate of drug-likeness (QED) is 0.821. The Bertz CT molecular complexity index is 818. The highest BCUT2D eigenvalue weighted by Gasteiger charge is 2.15.